The highest BCUT2D eigenvalue weighted by Gasteiger charge is 2.51. The first-order chi connectivity index (χ1) is 8.15. The molecule has 0 saturated carbocycles. The Labute approximate surface area is 102 Å². The van der Waals surface area contributed by atoms with Crippen LogP contribution >= 0.6 is 0 Å². The van der Waals surface area contributed by atoms with Gasteiger partial charge >= 0.3 is 0 Å². The lowest BCUT2D eigenvalue weighted by molar-refractivity contribution is 0.119. The average Bonchev–Trinajstić information content (AvgIpc) is 2.57. The molecule has 2 aliphatic rings. The van der Waals surface area contributed by atoms with Crippen molar-refractivity contribution in [3.05, 3.63) is 36.9 Å². The minimum atomic E-state index is -0.895. The van der Waals surface area contributed by atoms with Crippen molar-refractivity contribution in [2.24, 2.45) is 0 Å². The Hall–Kier alpha value is -1.09. The van der Waals surface area contributed by atoms with E-state index in [2.05, 4.69) is 13.1 Å². The van der Waals surface area contributed by atoms with Gasteiger partial charge in [-0.3, -0.25) is 0 Å². The smallest absolute Gasteiger partial charge is 0.182 e. The normalized spacial score (nSPS) is 27.5. The molecule has 1 radical (unpaired) electrons. The molecule has 2 heterocycles. The maximum Gasteiger partial charge on any atom is 0.182 e. The molecule has 1 atom stereocenters. The fourth-order valence-electron chi connectivity index (χ4n) is 3.28. The third-order valence-corrected chi connectivity index (χ3v) is 4.36. The molecule has 2 aliphatic heterocycles. The summed E-state index contributed by atoms with van der Waals surface area (Å²) in [7, 11) is 5.81. The Morgan fingerprint density at radius 3 is 2.65 bits per heavy atom. The second kappa shape index (κ2) is 3.70. The lowest BCUT2D eigenvalue weighted by atomic mass is 9.73. The van der Waals surface area contributed by atoms with E-state index in [4.69, 9.17) is 0 Å². The number of alkyl halides is 1. The topological polar surface area (TPSA) is 6.48 Å². The fraction of sp³-hybridized carbons (Fsp3) is 0.500. The van der Waals surface area contributed by atoms with Gasteiger partial charge in [0.05, 0.1) is 0 Å². The van der Waals surface area contributed by atoms with Crippen molar-refractivity contribution in [3.8, 4) is 0 Å². The summed E-state index contributed by atoms with van der Waals surface area (Å²) in [4.78, 5) is 3.83. The number of likely N-dealkylation sites (tertiary alicyclic amines) is 1. The quantitative estimate of drug-likeness (QED) is 0.635. The van der Waals surface area contributed by atoms with Gasteiger partial charge < -0.3 is 9.80 Å². The van der Waals surface area contributed by atoms with Gasteiger partial charge in [0.25, 0.3) is 0 Å². The van der Waals surface area contributed by atoms with Crippen LogP contribution in [0, 0.1) is 7.05 Å². The highest BCUT2D eigenvalue weighted by molar-refractivity contribution is 5.63. The summed E-state index contributed by atoms with van der Waals surface area (Å²) in [6, 6.07) is 8.11. The van der Waals surface area contributed by atoms with E-state index in [9.17, 15) is 4.39 Å². The highest BCUT2D eigenvalue weighted by atomic mass is 19.1. The van der Waals surface area contributed by atoms with E-state index in [1.54, 1.807) is 4.90 Å². The zero-order valence-corrected chi connectivity index (χ0v) is 10.2. The molecule has 3 heteroatoms. The first-order valence-electron chi connectivity index (χ1n) is 6.17. The van der Waals surface area contributed by atoms with Crippen LogP contribution in [0.25, 0.3) is 0 Å². The van der Waals surface area contributed by atoms with Crippen LogP contribution < -0.4 is 4.90 Å². The number of nitrogens with zero attached hydrogens (tertiary/aromatic N) is 2. The Morgan fingerprint density at radius 2 is 1.94 bits per heavy atom. The van der Waals surface area contributed by atoms with Crippen molar-refractivity contribution in [1.82, 2.24) is 4.90 Å². The monoisotopic (exact) mass is 233 g/mol. The summed E-state index contributed by atoms with van der Waals surface area (Å²) < 4.78 is 14.7. The summed E-state index contributed by atoms with van der Waals surface area (Å²) in [5, 5.41) is 0. The standard InChI is InChI=1S/C14H18FN2/c1-16-9-7-14(8-10-16)11-5-3-4-6-12(11)17(2)13(14)15/h3-6,13H,1,7-10H2,2H3. The first kappa shape index (κ1) is 11.0. The number of para-hydroxylation sites is 1. The number of fused-ring (bicyclic) bond motifs is 2. The number of piperidine rings is 1. The maximum absolute atomic E-state index is 14.7. The Balaban J connectivity index is 2.05. The summed E-state index contributed by atoms with van der Waals surface area (Å²) in [6.45, 7) is 1.76. The van der Waals surface area contributed by atoms with Gasteiger partial charge in [0, 0.05) is 25.2 Å². The molecule has 0 bridgehead atoms. The van der Waals surface area contributed by atoms with Gasteiger partial charge in [-0.2, -0.15) is 0 Å². The molecule has 17 heavy (non-hydrogen) atoms. The third kappa shape index (κ3) is 1.41. The largest absolute Gasteiger partial charge is 0.344 e. The van der Waals surface area contributed by atoms with Crippen LogP contribution in [0.3, 0.4) is 0 Å². The van der Waals surface area contributed by atoms with Crippen LogP contribution in [-0.2, 0) is 5.41 Å². The van der Waals surface area contributed by atoms with Gasteiger partial charge in [0.15, 0.2) is 6.30 Å². The molecule has 1 unspecified atom stereocenters. The zero-order valence-electron chi connectivity index (χ0n) is 10.2. The van der Waals surface area contributed by atoms with E-state index < -0.39 is 6.30 Å². The van der Waals surface area contributed by atoms with Crippen molar-refractivity contribution in [2.75, 3.05) is 25.0 Å². The highest BCUT2D eigenvalue weighted by Crippen LogP contribution is 2.50. The number of halogens is 1. The predicted molar refractivity (Wildman–Crippen MR) is 67.6 cm³/mol. The SMILES string of the molecule is [CH2]N1CCC2(CC1)c1ccccc1N(C)C2F. The summed E-state index contributed by atoms with van der Waals surface area (Å²) in [6.07, 6.45) is 0.825. The molecule has 2 nitrogen and oxygen atoms in total. The Kier molecular flexibility index (Phi) is 2.40. The van der Waals surface area contributed by atoms with E-state index in [1.807, 2.05) is 30.1 Å². The summed E-state index contributed by atoms with van der Waals surface area (Å²) in [5.74, 6) is 0. The van der Waals surface area contributed by atoms with Gasteiger partial charge in [-0.05, 0) is 37.6 Å². The number of rotatable bonds is 0. The Bertz CT molecular complexity index is 424. The second-order valence-corrected chi connectivity index (χ2v) is 5.24. The minimum absolute atomic E-state index is 0.306. The molecule has 1 spiro atoms. The molecule has 1 aromatic carbocycles. The van der Waals surface area contributed by atoms with E-state index in [0.29, 0.717) is 0 Å². The average molecular weight is 233 g/mol. The molecule has 91 valence electrons. The summed E-state index contributed by atoms with van der Waals surface area (Å²) in [5.41, 5.74) is 1.93. The second-order valence-electron chi connectivity index (χ2n) is 5.24. The predicted octanol–water partition coefficient (Wildman–Crippen LogP) is 2.56. The lowest BCUT2D eigenvalue weighted by Crippen LogP contribution is -2.47. The van der Waals surface area contributed by atoms with E-state index in [-0.39, 0.29) is 5.41 Å². The zero-order chi connectivity index (χ0) is 12.0. The van der Waals surface area contributed by atoms with Crippen molar-refractivity contribution >= 4 is 5.69 Å². The van der Waals surface area contributed by atoms with Crippen LogP contribution in [-0.4, -0.2) is 31.3 Å². The number of benzene rings is 1. The van der Waals surface area contributed by atoms with Gasteiger partial charge in [0.2, 0.25) is 0 Å². The minimum Gasteiger partial charge on any atom is -0.344 e. The van der Waals surface area contributed by atoms with Crippen LogP contribution in [0.1, 0.15) is 18.4 Å². The van der Waals surface area contributed by atoms with E-state index in [0.717, 1.165) is 31.6 Å². The molecule has 1 fully saturated rings. The van der Waals surface area contributed by atoms with E-state index >= 15 is 0 Å². The van der Waals surface area contributed by atoms with Gasteiger partial charge in [0.1, 0.15) is 0 Å². The van der Waals surface area contributed by atoms with Crippen LogP contribution in [0.4, 0.5) is 10.1 Å². The van der Waals surface area contributed by atoms with E-state index in [1.165, 1.54) is 5.56 Å². The van der Waals surface area contributed by atoms with Crippen molar-refractivity contribution in [3.63, 3.8) is 0 Å². The fourth-order valence-corrected chi connectivity index (χ4v) is 3.28. The first-order valence-corrected chi connectivity index (χ1v) is 6.17. The molecular formula is C14H18FN2. The van der Waals surface area contributed by atoms with Crippen molar-refractivity contribution < 1.29 is 4.39 Å². The van der Waals surface area contributed by atoms with Crippen LogP contribution in [0.2, 0.25) is 0 Å². The molecule has 0 amide bonds. The van der Waals surface area contributed by atoms with Gasteiger partial charge in [-0.15, -0.1) is 0 Å². The number of anilines is 1. The van der Waals surface area contributed by atoms with Crippen molar-refractivity contribution in [1.29, 1.82) is 0 Å². The molecule has 0 aliphatic carbocycles. The number of likely N-dealkylation sites (N-methyl/N-ethyl adjacent to an activating group) is 1. The van der Waals surface area contributed by atoms with Crippen LogP contribution in [0.15, 0.2) is 24.3 Å². The summed E-state index contributed by atoms with van der Waals surface area (Å²) >= 11 is 0. The molecule has 0 aromatic heterocycles. The molecule has 3 rings (SSSR count). The molecule has 1 aromatic rings. The number of hydrogen-bond acceptors (Lipinski definition) is 2. The van der Waals surface area contributed by atoms with Gasteiger partial charge in [-0.1, -0.05) is 18.2 Å². The van der Waals surface area contributed by atoms with Crippen LogP contribution in [0.5, 0.6) is 0 Å². The molecule has 0 N–H and O–H groups in total. The number of hydrogen-bond donors (Lipinski definition) is 0. The maximum atomic E-state index is 14.7. The van der Waals surface area contributed by atoms with Gasteiger partial charge in [-0.25, -0.2) is 4.39 Å². The Morgan fingerprint density at radius 1 is 1.29 bits per heavy atom. The third-order valence-electron chi connectivity index (χ3n) is 4.36. The molecule has 1 saturated heterocycles. The lowest BCUT2D eigenvalue weighted by Gasteiger charge is -2.40. The molecular weight excluding hydrogens is 215 g/mol. The van der Waals surface area contributed by atoms with Crippen molar-refractivity contribution in [2.45, 2.75) is 24.6 Å².